The molecule has 7 nitrogen and oxygen atoms in total. The van der Waals surface area contributed by atoms with Gasteiger partial charge in [0.1, 0.15) is 11.6 Å². The fourth-order valence-electron chi connectivity index (χ4n) is 3.89. The van der Waals surface area contributed by atoms with Gasteiger partial charge >= 0.3 is 0 Å². The average molecular weight is 404 g/mol. The van der Waals surface area contributed by atoms with E-state index in [9.17, 15) is 5.11 Å². The first kappa shape index (κ1) is 18.0. The third kappa shape index (κ3) is 3.55. The second-order valence-electron chi connectivity index (χ2n) is 7.47. The fourth-order valence-corrected chi connectivity index (χ4v) is 4.88. The number of imidazole rings is 1. The number of hydrogen-bond acceptors (Lipinski definition) is 7. The van der Waals surface area contributed by atoms with E-state index in [1.807, 2.05) is 10.6 Å². The summed E-state index contributed by atoms with van der Waals surface area (Å²) in [6, 6.07) is 10.2. The van der Waals surface area contributed by atoms with Crippen LogP contribution in [0.1, 0.15) is 36.8 Å². The molecule has 29 heavy (non-hydrogen) atoms. The molecule has 8 heteroatoms. The van der Waals surface area contributed by atoms with Gasteiger partial charge in [0.2, 0.25) is 0 Å². The SMILES string of the molecule is N#Cc1cnc2c(c1)ncn2Cc1ccc2nc(NC3CCCCC3O)sc2c1. The lowest BCUT2D eigenvalue weighted by Gasteiger charge is -2.27. The van der Waals surface area contributed by atoms with Crippen molar-refractivity contribution in [2.75, 3.05) is 5.32 Å². The van der Waals surface area contributed by atoms with Crippen molar-refractivity contribution in [3.05, 3.63) is 47.9 Å². The number of aromatic nitrogens is 4. The Kier molecular flexibility index (Phi) is 4.62. The molecule has 1 aliphatic rings. The predicted octanol–water partition coefficient (Wildman–Crippen LogP) is 3.68. The number of thiazole rings is 1. The third-order valence-electron chi connectivity index (χ3n) is 5.43. The van der Waals surface area contributed by atoms with Gasteiger partial charge < -0.3 is 15.0 Å². The number of aliphatic hydroxyl groups excluding tert-OH is 1. The van der Waals surface area contributed by atoms with Crippen molar-refractivity contribution in [1.29, 1.82) is 5.26 Å². The highest BCUT2D eigenvalue weighted by molar-refractivity contribution is 7.22. The van der Waals surface area contributed by atoms with Crippen LogP contribution in [0, 0.1) is 11.3 Å². The summed E-state index contributed by atoms with van der Waals surface area (Å²) in [6.45, 7) is 0.646. The molecular weight excluding hydrogens is 384 g/mol. The average Bonchev–Trinajstić information content (AvgIpc) is 3.32. The number of rotatable bonds is 4. The molecule has 0 spiro atoms. The smallest absolute Gasteiger partial charge is 0.184 e. The maximum Gasteiger partial charge on any atom is 0.184 e. The van der Waals surface area contributed by atoms with Gasteiger partial charge in [-0.1, -0.05) is 30.2 Å². The van der Waals surface area contributed by atoms with E-state index in [-0.39, 0.29) is 12.1 Å². The number of nitriles is 1. The van der Waals surface area contributed by atoms with Gasteiger partial charge in [0.05, 0.1) is 40.8 Å². The van der Waals surface area contributed by atoms with Crippen LogP contribution >= 0.6 is 11.3 Å². The largest absolute Gasteiger partial charge is 0.391 e. The van der Waals surface area contributed by atoms with E-state index < -0.39 is 0 Å². The van der Waals surface area contributed by atoms with Crippen LogP contribution in [0.2, 0.25) is 0 Å². The van der Waals surface area contributed by atoms with Crippen LogP contribution in [-0.4, -0.2) is 36.8 Å². The van der Waals surface area contributed by atoms with Crippen molar-refractivity contribution in [2.24, 2.45) is 0 Å². The van der Waals surface area contributed by atoms with Crippen LogP contribution in [0.5, 0.6) is 0 Å². The van der Waals surface area contributed by atoms with E-state index in [0.29, 0.717) is 12.1 Å². The Morgan fingerprint density at radius 3 is 2.97 bits per heavy atom. The monoisotopic (exact) mass is 404 g/mol. The van der Waals surface area contributed by atoms with Crippen LogP contribution in [0.15, 0.2) is 36.8 Å². The minimum Gasteiger partial charge on any atom is -0.391 e. The summed E-state index contributed by atoms with van der Waals surface area (Å²) in [5.74, 6) is 0. The van der Waals surface area contributed by atoms with Crippen molar-refractivity contribution in [3.63, 3.8) is 0 Å². The number of hydrogen-bond donors (Lipinski definition) is 2. The lowest BCUT2D eigenvalue weighted by Crippen LogP contribution is -2.36. The summed E-state index contributed by atoms with van der Waals surface area (Å²) in [4.78, 5) is 13.4. The number of nitrogens with one attached hydrogen (secondary N) is 1. The first-order chi connectivity index (χ1) is 14.2. The topological polar surface area (TPSA) is 99.7 Å². The first-order valence-electron chi connectivity index (χ1n) is 9.75. The Morgan fingerprint density at radius 2 is 2.10 bits per heavy atom. The lowest BCUT2D eigenvalue weighted by atomic mass is 9.93. The zero-order valence-electron chi connectivity index (χ0n) is 15.7. The van der Waals surface area contributed by atoms with Gasteiger partial charge in [-0.25, -0.2) is 15.0 Å². The highest BCUT2D eigenvalue weighted by atomic mass is 32.1. The summed E-state index contributed by atoms with van der Waals surface area (Å²) in [6.07, 6.45) is 7.11. The van der Waals surface area contributed by atoms with E-state index in [2.05, 4.69) is 38.5 Å². The standard InChI is InChI=1S/C21H20N6OS/c22-9-14-7-17-20(23-10-14)27(12-24-17)11-13-5-6-16-19(8-13)29-21(26-16)25-15-3-1-2-4-18(15)28/h5-8,10,12,15,18,28H,1-4,11H2,(H,25,26). The van der Waals surface area contributed by atoms with Crippen LogP contribution in [0.3, 0.4) is 0 Å². The highest BCUT2D eigenvalue weighted by Crippen LogP contribution is 2.30. The molecule has 0 radical (unpaired) electrons. The van der Waals surface area contributed by atoms with E-state index in [1.165, 1.54) is 0 Å². The fraction of sp³-hybridized carbons (Fsp3) is 0.333. The molecule has 0 bridgehead atoms. The summed E-state index contributed by atoms with van der Waals surface area (Å²) in [7, 11) is 0. The lowest BCUT2D eigenvalue weighted by molar-refractivity contribution is 0.116. The Morgan fingerprint density at radius 1 is 1.21 bits per heavy atom. The molecule has 0 aliphatic heterocycles. The van der Waals surface area contributed by atoms with Gasteiger partial charge in [-0.3, -0.25) is 0 Å². The van der Waals surface area contributed by atoms with E-state index >= 15 is 0 Å². The normalized spacial score (nSPS) is 19.4. The molecule has 1 saturated carbocycles. The molecule has 146 valence electrons. The minimum absolute atomic E-state index is 0.0884. The van der Waals surface area contributed by atoms with Crippen molar-refractivity contribution in [3.8, 4) is 6.07 Å². The number of pyridine rings is 1. The number of anilines is 1. The molecular formula is C21H20N6OS. The van der Waals surface area contributed by atoms with Crippen LogP contribution in [-0.2, 0) is 6.54 Å². The molecule has 0 saturated heterocycles. The second kappa shape index (κ2) is 7.43. The predicted molar refractivity (Wildman–Crippen MR) is 113 cm³/mol. The van der Waals surface area contributed by atoms with Gasteiger partial charge in [0.15, 0.2) is 10.8 Å². The van der Waals surface area contributed by atoms with Crippen LogP contribution < -0.4 is 5.32 Å². The van der Waals surface area contributed by atoms with Gasteiger partial charge in [0, 0.05) is 6.20 Å². The van der Waals surface area contributed by atoms with Crippen molar-refractivity contribution >= 4 is 37.8 Å². The van der Waals surface area contributed by atoms with Crippen molar-refractivity contribution in [1.82, 2.24) is 19.5 Å². The third-order valence-corrected chi connectivity index (χ3v) is 6.38. The molecule has 2 N–H and O–H groups in total. The van der Waals surface area contributed by atoms with E-state index in [1.54, 1.807) is 29.9 Å². The van der Waals surface area contributed by atoms with E-state index in [4.69, 9.17) is 5.26 Å². The molecule has 4 aromatic rings. The number of fused-ring (bicyclic) bond motifs is 2. The molecule has 1 aromatic carbocycles. The van der Waals surface area contributed by atoms with Gasteiger partial charge in [-0.2, -0.15) is 5.26 Å². The zero-order chi connectivity index (χ0) is 19.8. The number of aliphatic hydroxyl groups is 1. The summed E-state index contributed by atoms with van der Waals surface area (Å²) >= 11 is 1.62. The second-order valence-corrected chi connectivity index (χ2v) is 8.51. The van der Waals surface area contributed by atoms with Gasteiger partial charge in [-0.05, 0) is 36.6 Å². The maximum atomic E-state index is 10.2. The van der Waals surface area contributed by atoms with E-state index in [0.717, 1.165) is 57.8 Å². The molecule has 5 rings (SSSR count). The van der Waals surface area contributed by atoms with Crippen LogP contribution in [0.25, 0.3) is 21.4 Å². The quantitative estimate of drug-likeness (QED) is 0.538. The molecule has 2 atom stereocenters. The summed E-state index contributed by atoms with van der Waals surface area (Å²) in [5.41, 5.74) is 4.09. The van der Waals surface area contributed by atoms with Gasteiger partial charge in [0.25, 0.3) is 0 Å². The maximum absolute atomic E-state index is 10.2. The molecule has 1 fully saturated rings. The Labute approximate surface area is 171 Å². The first-order valence-corrected chi connectivity index (χ1v) is 10.6. The Balaban J connectivity index is 1.38. The Hall–Kier alpha value is -3.02. The number of benzene rings is 1. The number of nitrogens with zero attached hydrogens (tertiary/aromatic N) is 5. The molecule has 2 unspecified atom stereocenters. The van der Waals surface area contributed by atoms with Crippen LogP contribution in [0.4, 0.5) is 5.13 Å². The minimum atomic E-state index is -0.296. The van der Waals surface area contributed by atoms with Crippen molar-refractivity contribution < 1.29 is 5.11 Å². The Bertz CT molecular complexity index is 1220. The van der Waals surface area contributed by atoms with Crippen molar-refractivity contribution in [2.45, 2.75) is 44.4 Å². The zero-order valence-corrected chi connectivity index (χ0v) is 16.6. The molecule has 0 amide bonds. The molecule has 3 aromatic heterocycles. The molecule has 3 heterocycles. The van der Waals surface area contributed by atoms with Gasteiger partial charge in [-0.15, -0.1) is 0 Å². The molecule has 1 aliphatic carbocycles. The summed E-state index contributed by atoms with van der Waals surface area (Å²) < 4.78 is 3.09. The highest BCUT2D eigenvalue weighted by Gasteiger charge is 2.23. The summed E-state index contributed by atoms with van der Waals surface area (Å²) in [5, 5.41) is 23.5.